The third-order valence-electron chi connectivity index (χ3n) is 8.20. The Morgan fingerprint density at radius 2 is 1.69 bits per heavy atom. The van der Waals surface area contributed by atoms with Gasteiger partial charge in [0, 0.05) is 18.0 Å². The second kappa shape index (κ2) is 9.36. The minimum Gasteiger partial charge on any atom is -0.481 e. The lowest BCUT2D eigenvalue weighted by molar-refractivity contribution is -0.143. The van der Waals surface area contributed by atoms with Crippen LogP contribution >= 0.6 is 0 Å². The summed E-state index contributed by atoms with van der Waals surface area (Å²) in [4.78, 5) is 39.9. The Morgan fingerprint density at radius 3 is 2.26 bits per heavy atom. The molecule has 2 bridgehead atoms. The molecule has 2 aromatic rings. The average Bonchev–Trinajstić information content (AvgIpc) is 3.55. The van der Waals surface area contributed by atoms with Gasteiger partial charge in [0.15, 0.2) is 0 Å². The number of alkyl carbamates (subject to hydrolysis) is 1. The fraction of sp³-hybridized carbons (Fsp3) is 0.464. The molecule has 2 aliphatic heterocycles. The van der Waals surface area contributed by atoms with Crippen LogP contribution in [0.5, 0.6) is 0 Å². The highest BCUT2D eigenvalue weighted by atomic mass is 16.5. The number of benzene rings is 2. The van der Waals surface area contributed by atoms with Gasteiger partial charge in [0.25, 0.3) is 0 Å². The highest BCUT2D eigenvalue weighted by Crippen LogP contribution is 2.45. The number of nitrogens with one attached hydrogen (secondary N) is 1. The van der Waals surface area contributed by atoms with Crippen molar-refractivity contribution >= 4 is 18.0 Å². The van der Waals surface area contributed by atoms with Gasteiger partial charge < -0.3 is 20.1 Å². The SMILES string of the molecule is CCC(C)C(NC(=O)OCC1c2ccccc2-c2ccccc21)C(=O)N1C2CCC1C(C(=O)O)C2. The number of carbonyl (C=O) groups excluding carboxylic acids is 2. The van der Waals surface area contributed by atoms with Gasteiger partial charge in [-0.2, -0.15) is 0 Å². The maximum Gasteiger partial charge on any atom is 0.407 e. The zero-order valence-electron chi connectivity index (χ0n) is 20.1. The molecule has 0 radical (unpaired) electrons. The number of carboxylic acid groups (broad SMARTS) is 1. The fourth-order valence-corrected chi connectivity index (χ4v) is 6.21. The smallest absolute Gasteiger partial charge is 0.407 e. The number of rotatable bonds is 7. The first-order valence-corrected chi connectivity index (χ1v) is 12.6. The molecule has 2 aromatic carbocycles. The monoisotopic (exact) mass is 476 g/mol. The molecule has 7 heteroatoms. The Balaban J connectivity index is 1.28. The van der Waals surface area contributed by atoms with Crippen LogP contribution < -0.4 is 5.32 Å². The quantitative estimate of drug-likeness (QED) is 0.617. The molecule has 5 unspecified atom stereocenters. The van der Waals surface area contributed by atoms with E-state index in [1.807, 2.05) is 38.1 Å². The Labute approximate surface area is 205 Å². The molecule has 0 spiro atoms. The first-order valence-electron chi connectivity index (χ1n) is 12.6. The summed E-state index contributed by atoms with van der Waals surface area (Å²) in [6.07, 6.45) is 2.09. The summed E-state index contributed by atoms with van der Waals surface area (Å²) in [6, 6.07) is 15.2. The van der Waals surface area contributed by atoms with Gasteiger partial charge in [-0.25, -0.2) is 4.79 Å². The minimum absolute atomic E-state index is 0.0587. The van der Waals surface area contributed by atoms with Gasteiger partial charge in [-0.05, 0) is 47.4 Å². The van der Waals surface area contributed by atoms with Crippen molar-refractivity contribution in [2.24, 2.45) is 11.8 Å². The minimum atomic E-state index is -0.848. The Bertz CT molecular complexity index is 1100. The van der Waals surface area contributed by atoms with Crippen molar-refractivity contribution in [2.45, 2.75) is 63.6 Å². The molecule has 2 amide bonds. The molecule has 0 saturated carbocycles. The molecule has 35 heavy (non-hydrogen) atoms. The van der Waals surface area contributed by atoms with Gasteiger partial charge in [-0.1, -0.05) is 68.8 Å². The van der Waals surface area contributed by atoms with Gasteiger partial charge in [-0.15, -0.1) is 0 Å². The number of carboxylic acids is 1. The van der Waals surface area contributed by atoms with Gasteiger partial charge in [0.2, 0.25) is 5.91 Å². The summed E-state index contributed by atoms with van der Waals surface area (Å²) < 4.78 is 5.69. The second-order valence-electron chi connectivity index (χ2n) is 10.1. The first kappa shape index (κ1) is 23.4. The number of hydrogen-bond acceptors (Lipinski definition) is 4. The number of nitrogens with zero attached hydrogens (tertiary/aromatic N) is 1. The zero-order chi connectivity index (χ0) is 24.7. The predicted molar refractivity (Wildman–Crippen MR) is 131 cm³/mol. The number of fused-ring (bicyclic) bond motifs is 5. The summed E-state index contributed by atoms with van der Waals surface area (Å²) in [6.45, 7) is 4.08. The molecule has 2 saturated heterocycles. The van der Waals surface area contributed by atoms with Crippen molar-refractivity contribution in [1.82, 2.24) is 10.2 Å². The molecule has 1 aliphatic carbocycles. The number of hydrogen-bond donors (Lipinski definition) is 2. The van der Waals surface area contributed by atoms with Crippen molar-refractivity contribution < 1.29 is 24.2 Å². The lowest BCUT2D eigenvalue weighted by Crippen LogP contribution is -2.53. The van der Waals surface area contributed by atoms with E-state index in [0.29, 0.717) is 19.3 Å². The highest BCUT2D eigenvalue weighted by molar-refractivity contribution is 5.88. The van der Waals surface area contributed by atoms with Crippen molar-refractivity contribution in [3.63, 3.8) is 0 Å². The summed E-state index contributed by atoms with van der Waals surface area (Å²) >= 11 is 0. The number of ether oxygens (including phenoxy) is 1. The van der Waals surface area contributed by atoms with Crippen LogP contribution in [0.4, 0.5) is 4.79 Å². The van der Waals surface area contributed by atoms with Crippen molar-refractivity contribution in [1.29, 1.82) is 0 Å². The van der Waals surface area contributed by atoms with E-state index in [2.05, 4.69) is 29.6 Å². The van der Waals surface area contributed by atoms with E-state index in [-0.39, 0.29) is 36.4 Å². The van der Waals surface area contributed by atoms with E-state index in [1.54, 1.807) is 4.90 Å². The van der Waals surface area contributed by atoms with Gasteiger partial charge in [0.1, 0.15) is 12.6 Å². The third kappa shape index (κ3) is 4.07. The lowest BCUT2D eigenvalue weighted by atomic mass is 9.89. The van der Waals surface area contributed by atoms with E-state index >= 15 is 0 Å². The van der Waals surface area contributed by atoms with E-state index in [4.69, 9.17) is 4.74 Å². The van der Waals surface area contributed by atoms with E-state index in [0.717, 1.165) is 28.7 Å². The molecule has 5 atom stereocenters. The summed E-state index contributed by atoms with van der Waals surface area (Å²) in [7, 11) is 0. The largest absolute Gasteiger partial charge is 0.481 e. The van der Waals surface area contributed by atoms with Crippen LogP contribution in [0.2, 0.25) is 0 Å². The predicted octanol–water partition coefficient (Wildman–Crippen LogP) is 4.40. The van der Waals surface area contributed by atoms with Crippen LogP contribution in [0.3, 0.4) is 0 Å². The topological polar surface area (TPSA) is 95.9 Å². The second-order valence-corrected chi connectivity index (χ2v) is 10.1. The Kier molecular flexibility index (Phi) is 6.26. The summed E-state index contributed by atoms with van der Waals surface area (Å²) in [5.41, 5.74) is 4.57. The molecule has 7 nitrogen and oxygen atoms in total. The molecule has 2 fully saturated rings. The van der Waals surface area contributed by atoms with Crippen LogP contribution in [0.1, 0.15) is 56.6 Å². The van der Waals surface area contributed by atoms with E-state index < -0.39 is 24.0 Å². The van der Waals surface area contributed by atoms with Crippen molar-refractivity contribution in [3.05, 3.63) is 59.7 Å². The molecule has 2 heterocycles. The third-order valence-corrected chi connectivity index (χ3v) is 8.20. The van der Waals surface area contributed by atoms with E-state index in [9.17, 15) is 19.5 Å². The molecule has 3 aliphatic rings. The van der Waals surface area contributed by atoms with Gasteiger partial charge >= 0.3 is 12.1 Å². The van der Waals surface area contributed by atoms with Crippen molar-refractivity contribution in [2.75, 3.05) is 6.61 Å². The van der Waals surface area contributed by atoms with Crippen LogP contribution in [-0.2, 0) is 14.3 Å². The number of aliphatic carboxylic acids is 1. The molecule has 2 N–H and O–H groups in total. The fourth-order valence-electron chi connectivity index (χ4n) is 6.21. The molecule has 5 rings (SSSR count). The van der Waals surface area contributed by atoms with Crippen LogP contribution in [0, 0.1) is 11.8 Å². The number of amides is 2. The normalized spacial score (nSPS) is 23.9. The summed E-state index contributed by atoms with van der Waals surface area (Å²) in [5, 5.41) is 12.4. The molecule has 184 valence electrons. The van der Waals surface area contributed by atoms with Gasteiger partial charge in [-0.3, -0.25) is 9.59 Å². The van der Waals surface area contributed by atoms with Crippen molar-refractivity contribution in [3.8, 4) is 11.1 Å². The van der Waals surface area contributed by atoms with Crippen LogP contribution in [-0.4, -0.2) is 52.7 Å². The average molecular weight is 477 g/mol. The number of carbonyl (C=O) groups is 3. The van der Waals surface area contributed by atoms with Crippen LogP contribution in [0.15, 0.2) is 48.5 Å². The molecular weight excluding hydrogens is 444 g/mol. The standard InChI is InChI=1S/C28H32N2O5/c1-3-16(2)25(26(31)30-17-12-13-24(30)22(14-17)27(32)33)29-28(34)35-15-23-20-10-6-4-8-18(20)19-9-5-7-11-21(19)23/h4-11,16-17,22-25H,3,12-15H2,1-2H3,(H,29,34)(H,32,33). The molecular formula is C28H32N2O5. The summed E-state index contributed by atoms with van der Waals surface area (Å²) in [5.74, 6) is -1.73. The molecule has 0 aromatic heterocycles. The zero-order valence-corrected chi connectivity index (χ0v) is 20.1. The van der Waals surface area contributed by atoms with Gasteiger partial charge in [0.05, 0.1) is 5.92 Å². The maximum atomic E-state index is 13.6. The van der Waals surface area contributed by atoms with E-state index in [1.165, 1.54) is 0 Å². The maximum absolute atomic E-state index is 13.6. The Morgan fingerprint density at radius 1 is 1.06 bits per heavy atom. The Hall–Kier alpha value is -3.35. The highest BCUT2D eigenvalue weighted by Gasteiger charge is 2.52. The van der Waals surface area contributed by atoms with Crippen LogP contribution in [0.25, 0.3) is 11.1 Å². The lowest BCUT2D eigenvalue weighted by Gasteiger charge is -2.31. The first-order chi connectivity index (χ1) is 16.9.